The van der Waals surface area contributed by atoms with Gasteiger partial charge < -0.3 is 16.2 Å². The number of rotatable bonds is 4. The van der Waals surface area contributed by atoms with Gasteiger partial charge in [-0.25, -0.2) is 0 Å². The molecule has 15 heavy (non-hydrogen) atoms. The molecule has 1 aliphatic carbocycles. The van der Waals surface area contributed by atoms with Gasteiger partial charge in [0.05, 0.1) is 11.5 Å². The molecule has 1 rings (SSSR count). The van der Waals surface area contributed by atoms with Crippen LogP contribution in [0.3, 0.4) is 0 Å². The van der Waals surface area contributed by atoms with E-state index in [0.29, 0.717) is 6.54 Å². The topological polar surface area (TPSA) is 75.3 Å². The summed E-state index contributed by atoms with van der Waals surface area (Å²) in [5.41, 5.74) is 4.73. The average molecular weight is 214 g/mol. The van der Waals surface area contributed by atoms with Crippen LogP contribution in [0.4, 0.5) is 0 Å². The Bertz CT molecular complexity index is 229. The summed E-state index contributed by atoms with van der Waals surface area (Å²) in [5.74, 6) is -0.305. The van der Waals surface area contributed by atoms with E-state index < -0.39 is 5.41 Å². The van der Waals surface area contributed by atoms with Gasteiger partial charge in [-0.05, 0) is 26.7 Å². The SMILES string of the molecule is CC(C)(CNC1CCCCC1O)C(N)=O. The minimum Gasteiger partial charge on any atom is -0.392 e. The van der Waals surface area contributed by atoms with Crippen molar-refractivity contribution in [2.75, 3.05) is 6.54 Å². The van der Waals surface area contributed by atoms with Crippen LogP contribution in [0.25, 0.3) is 0 Å². The lowest BCUT2D eigenvalue weighted by Gasteiger charge is -2.31. The number of nitrogens with two attached hydrogens (primary N) is 1. The van der Waals surface area contributed by atoms with Gasteiger partial charge >= 0.3 is 0 Å². The predicted octanol–water partition coefficient (Wildman–Crippen LogP) is 0.391. The second-order valence-electron chi connectivity index (χ2n) is 5.09. The second kappa shape index (κ2) is 4.94. The molecule has 2 unspecified atom stereocenters. The molecule has 1 fully saturated rings. The Kier molecular flexibility index (Phi) is 4.11. The molecule has 0 aromatic rings. The highest BCUT2D eigenvalue weighted by Gasteiger charge is 2.28. The van der Waals surface area contributed by atoms with Gasteiger partial charge in [0, 0.05) is 12.6 Å². The number of nitrogens with one attached hydrogen (secondary N) is 1. The number of hydrogen-bond donors (Lipinski definition) is 3. The van der Waals surface area contributed by atoms with Crippen molar-refractivity contribution >= 4 is 5.91 Å². The predicted molar refractivity (Wildman–Crippen MR) is 59.2 cm³/mol. The van der Waals surface area contributed by atoms with Gasteiger partial charge in [-0.3, -0.25) is 4.79 Å². The van der Waals surface area contributed by atoms with Gasteiger partial charge in [0.1, 0.15) is 0 Å². The summed E-state index contributed by atoms with van der Waals surface area (Å²) in [6, 6.07) is 0.123. The van der Waals surface area contributed by atoms with Gasteiger partial charge in [0.25, 0.3) is 0 Å². The maximum Gasteiger partial charge on any atom is 0.224 e. The molecule has 0 aromatic carbocycles. The zero-order chi connectivity index (χ0) is 11.5. The number of aliphatic hydroxyl groups is 1. The van der Waals surface area contributed by atoms with E-state index in [1.54, 1.807) is 0 Å². The molecular formula is C11H22N2O2. The number of primary amides is 1. The van der Waals surface area contributed by atoms with Crippen LogP contribution < -0.4 is 11.1 Å². The number of hydrogen-bond acceptors (Lipinski definition) is 3. The largest absolute Gasteiger partial charge is 0.392 e. The van der Waals surface area contributed by atoms with Crippen molar-refractivity contribution in [3.8, 4) is 0 Å². The summed E-state index contributed by atoms with van der Waals surface area (Å²) in [5, 5.41) is 13.0. The molecule has 0 aliphatic heterocycles. The summed E-state index contributed by atoms with van der Waals surface area (Å²) in [7, 11) is 0. The van der Waals surface area contributed by atoms with Gasteiger partial charge in [-0.2, -0.15) is 0 Å². The van der Waals surface area contributed by atoms with Crippen molar-refractivity contribution in [1.29, 1.82) is 0 Å². The van der Waals surface area contributed by atoms with Crippen molar-refractivity contribution in [1.82, 2.24) is 5.32 Å². The van der Waals surface area contributed by atoms with Crippen LogP contribution in [-0.2, 0) is 4.79 Å². The maximum absolute atomic E-state index is 11.1. The lowest BCUT2D eigenvalue weighted by Crippen LogP contribution is -2.48. The molecule has 0 bridgehead atoms. The van der Waals surface area contributed by atoms with Crippen LogP contribution in [0.5, 0.6) is 0 Å². The van der Waals surface area contributed by atoms with Crippen LogP contribution in [-0.4, -0.2) is 29.7 Å². The third-order valence-electron chi connectivity index (χ3n) is 3.20. The number of carbonyl (C=O) groups excluding carboxylic acids is 1. The molecule has 88 valence electrons. The Morgan fingerprint density at radius 3 is 2.60 bits per heavy atom. The molecule has 4 N–H and O–H groups in total. The van der Waals surface area contributed by atoms with E-state index in [1.165, 1.54) is 0 Å². The molecule has 0 heterocycles. The fraction of sp³-hybridized carbons (Fsp3) is 0.909. The lowest BCUT2D eigenvalue weighted by atomic mass is 9.89. The first-order valence-corrected chi connectivity index (χ1v) is 5.65. The summed E-state index contributed by atoms with van der Waals surface area (Å²) < 4.78 is 0. The first-order chi connectivity index (χ1) is 6.93. The normalized spacial score (nSPS) is 27.7. The summed E-state index contributed by atoms with van der Waals surface area (Å²) in [6.07, 6.45) is 3.80. The number of carbonyl (C=O) groups is 1. The van der Waals surface area contributed by atoms with E-state index in [2.05, 4.69) is 5.32 Å². The van der Waals surface area contributed by atoms with Crippen LogP contribution in [0, 0.1) is 5.41 Å². The Balaban J connectivity index is 2.38. The van der Waals surface area contributed by atoms with Crippen LogP contribution in [0.15, 0.2) is 0 Å². The molecule has 0 saturated heterocycles. The van der Waals surface area contributed by atoms with Crippen LogP contribution >= 0.6 is 0 Å². The quantitative estimate of drug-likeness (QED) is 0.633. The minimum atomic E-state index is -0.544. The van der Waals surface area contributed by atoms with E-state index in [-0.39, 0.29) is 18.1 Å². The van der Waals surface area contributed by atoms with Crippen molar-refractivity contribution < 1.29 is 9.90 Å². The molecule has 4 heteroatoms. The number of amides is 1. The molecule has 2 atom stereocenters. The van der Waals surface area contributed by atoms with Crippen molar-refractivity contribution in [3.05, 3.63) is 0 Å². The Morgan fingerprint density at radius 2 is 2.07 bits per heavy atom. The molecule has 1 aliphatic rings. The monoisotopic (exact) mass is 214 g/mol. The van der Waals surface area contributed by atoms with E-state index in [1.807, 2.05) is 13.8 Å². The van der Waals surface area contributed by atoms with E-state index >= 15 is 0 Å². The summed E-state index contributed by atoms with van der Waals surface area (Å²) in [4.78, 5) is 11.1. The van der Waals surface area contributed by atoms with Gasteiger partial charge in [-0.15, -0.1) is 0 Å². The van der Waals surface area contributed by atoms with Crippen molar-refractivity contribution in [3.63, 3.8) is 0 Å². The third-order valence-corrected chi connectivity index (χ3v) is 3.20. The summed E-state index contributed by atoms with van der Waals surface area (Å²) >= 11 is 0. The molecule has 0 aromatic heterocycles. The lowest BCUT2D eigenvalue weighted by molar-refractivity contribution is -0.126. The fourth-order valence-electron chi connectivity index (χ4n) is 1.82. The maximum atomic E-state index is 11.1. The highest BCUT2D eigenvalue weighted by molar-refractivity contribution is 5.80. The first-order valence-electron chi connectivity index (χ1n) is 5.65. The van der Waals surface area contributed by atoms with Gasteiger partial charge in [-0.1, -0.05) is 12.8 Å². The molecule has 1 saturated carbocycles. The highest BCUT2D eigenvalue weighted by Crippen LogP contribution is 2.20. The molecule has 4 nitrogen and oxygen atoms in total. The second-order valence-corrected chi connectivity index (χ2v) is 5.09. The van der Waals surface area contributed by atoms with Crippen molar-refractivity contribution in [2.24, 2.45) is 11.1 Å². The molecular weight excluding hydrogens is 192 g/mol. The zero-order valence-electron chi connectivity index (χ0n) is 9.62. The Morgan fingerprint density at radius 1 is 1.47 bits per heavy atom. The highest BCUT2D eigenvalue weighted by atomic mass is 16.3. The van der Waals surface area contributed by atoms with E-state index in [9.17, 15) is 9.90 Å². The molecule has 0 spiro atoms. The Labute approximate surface area is 91.2 Å². The first kappa shape index (κ1) is 12.5. The Hall–Kier alpha value is -0.610. The van der Waals surface area contributed by atoms with E-state index in [0.717, 1.165) is 25.7 Å². The van der Waals surface area contributed by atoms with Crippen LogP contribution in [0.2, 0.25) is 0 Å². The van der Waals surface area contributed by atoms with E-state index in [4.69, 9.17) is 5.73 Å². The number of aliphatic hydroxyl groups excluding tert-OH is 1. The smallest absolute Gasteiger partial charge is 0.224 e. The zero-order valence-corrected chi connectivity index (χ0v) is 9.62. The van der Waals surface area contributed by atoms with Crippen molar-refractivity contribution in [2.45, 2.75) is 51.7 Å². The molecule has 0 radical (unpaired) electrons. The van der Waals surface area contributed by atoms with Crippen LogP contribution in [0.1, 0.15) is 39.5 Å². The summed E-state index contributed by atoms with van der Waals surface area (Å²) in [6.45, 7) is 4.17. The standard InChI is InChI=1S/C11H22N2O2/c1-11(2,10(12)15)7-13-8-5-3-4-6-9(8)14/h8-9,13-14H,3-7H2,1-2H3,(H2,12,15). The fourth-order valence-corrected chi connectivity index (χ4v) is 1.82. The third kappa shape index (κ3) is 3.47. The minimum absolute atomic E-state index is 0.123. The molecule has 1 amide bonds. The average Bonchev–Trinajstić information content (AvgIpc) is 2.16. The van der Waals surface area contributed by atoms with Gasteiger partial charge in [0.15, 0.2) is 0 Å². The van der Waals surface area contributed by atoms with Gasteiger partial charge in [0.2, 0.25) is 5.91 Å².